The summed E-state index contributed by atoms with van der Waals surface area (Å²) in [5.41, 5.74) is 1.09. The molecule has 4 heteroatoms. The molecule has 0 spiro atoms. The van der Waals surface area contributed by atoms with E-state index < -0.39 is 0 Å². The second-order valence-electron chi connectivity index (χ2n) is 3.79. The summed E-state index contributed by atoms with van der Waals surface area (Å²) in [6.45, 7) is 0.826. The van der Waals surface area contributed by atoms with E-state index >= 15 is 0 Å². The maximum atomic E-state index is 4.59. The lowest BCUT2D eigenvalue weighted by atomic mass is 10.2. The Hall–Kier alpha value is -0.610. The third kappa shape index (κ3) is 2.92. The Balaban J connectivity index is 2.09. The van der Waals surface area contributed by atoms with Gasteiger partial charge >= 0.3 is 0 Å². The first-order chi connectivity index (χ1) is 7.40. The predicted molar refractivity (Wildman–Crippen MR) is 63.8 cm³/mol. The summed E-state index contributed by atoms with van der Waals surface area (Å²) in [5.74, 6) is 2.28. The molecule has 1 aromatic heterocycles. The zero-order valence-corrected chi connectivity index (χ0v) is 9.89. The highest BCUT2D eigenvalue weighted by Crippen LogP contribution is 2.36. The zero-order valence-electron chi connectivity index (χ0n) is 9.07. The Morgan fingerprint density at radius 1 is 1.53 bits per heavy atom. The lowest BCUT2D eigenvalue weighted by molar-refractivity contribution is 0.654. The molecule has 0 saturated carbocycles. The summed E-state index contributed by atoms with van der Waals surface area (Å²) in [6.07, 6.45) is 5.77. The zero-order chi connectivity index (χ0) is 10.5. The van der Waals surface area contributed by atoms with Crippen LogP contribution < -0.4 is 5.32 Å². The number of rotatable bonds is 3. The van der Waals surface area contributed by atoms with Gasteiger partial charge in [-0.05, 0) is 31.7 Å². The number of hydrogen-bond acceptors (Lipinski definition) is 4. The van der Waals surface area contributed by atoms with Crippen LogP contribution in [0.4, 0.5) is 0 Å². The van der Waals surface area contributed by atoms with Crippen LogP contribution in [0.15, 0.2) is 12.3 Å². The second kappa shape index (κ2) is 5.47. The summed E-state index contributed by atoms with van der Waals surface area (Å²) < 4.78 is 0. The molecule has 82 valence electrons. The molecule has 2 rings (SSSR count). The molecule has 3 nitrogen and oxygen atoms in total. The van der Waals surface area contributed by atoms with E-state index in [1.807, 2.05) is 31.1 Å². The molecular weight excluding hydrogens is 206 g/mol. The van der Waals surface area contributed by atoms with Crippen molar-refractivity contribution < 1.29 is 0 Å². The molecule has 0 amide bonds. The van der Waals surface area contributed by atoms with Crippen molar-refractivity contribution in [2.75, 3.05) is 12.8 Å². The third-order valence-corrected chi connectivity index (χ3v) is 3.93. The van der Waals surface area contributed by atoms with E-state index in [-0.39, 0.29) is 0 Å². The van der Waals surface area contributed by atoms with Crippen molar-refractivity contribution in [1.29, 1.82) is 0 Å². The minimum absolute atomic E-state index is 0.524. The van der Waals surface area contributed by atoms with Crippen LogP contribution in [0.25, 0.3) is 0 Å². The standard InChI is InChI=1S/C11H17N3S/c1-12-8-9-5-6-13-11(14-9)10-4-2-3-7-15-10/h5-6,10,12H,2-4,7-8H2,1H3. The molecule has 0 bridgehead atoms. The molecule has 1 aliphatic rings. The van der Waals surface area contributed by atoms with Crippen molar-refractivity contribution >= 4 is 11.8 Å². The Kier molecular flexibility index (Phi) is 3.97. The van der Waals surface area contributed by atoms with Crippen molar-refractivity contribution in [2.45, 2.75) is 31.1 Å². The van der Waals surface area contributed by atoms with Crippen molar-refractivity contribution in [3.05, 3.63) is 23.8 Å². The molecule has 1 atom stereocenters. The fraction of sp³-hybridized carbons (Fsp3) is 0.636. The Morgan fingerprint density at radius 3 is 3.20 bits per heavy atom. The van der Waals surface area contributed by atoms with Crippen LogP contribution in [0.3, 0.4) is 0 Å². The van der Waals surface area contributed by atoms with E-state index in [1.54, 1.807) is 0 Å². The minimum atomic E-state index is 0.524. The van der Waals surface area contributed by atoms with Crippen LogP contribution in [0, 0.1) is 0 Å². The predicted octanol–water partition coefficient (Wildman–Crippen LogP) is 2.15. The summed E-state index contributed by atoms with van der Waals surface area (Å²) >= 11 is 2.00. The number of hydrogen-bond donors (Lipinski definition) is 1. The first-order valence-corrected chi connectivity index (χ1v) is 6.53. The number of thioether (sulfide) groups is 1. The summed E-state index contributed by atoms with van der Waals surface area (Å²) in [7, 11) is 1.94. The fourth-order valence-corrected chi connectivity index (χ4v) is 3.04. The largest absolute Gasteiger partial charge is 0.314 e. The van der Waals surface area contributed by atoms with Crippen molar-refractivity contribution in [2.24, 2.45) is 0 Å². The average molecular weight is 223 g/mol. The van der Waals surface area contributed by atoms with Gasteiger partial charge in [0.25, 0.3) is 0 Å². The first-order valence-electron chi connectivity index (χ1n) is 5.48. The molecule has 0 aromatic carbocycles. The van der Waals surface area contributed by atoms with Gasteiger partial charge in [0.15, 0.2) is 0 Å². The van der Waals surface area contributed by atoms with E-state index in [1.165, 1.54) is 25.0 Å². The average Bonchev–Trinajstić information content (AvgIpc) is 2.31. The fourth-order valence-electron chi connectivity index (χ4n) is 1.79. The lowest BCUT2D eigenvalue weighted by Crippen LogP contribution is -2.11. The van der Waals surface area contributed by atoms with E-state index in [0.29, 0.717) is 5.25 Å². The van der Waals surface area contributed by atoms with Crippen LogP contribution in [0.5, 0.6) is 0 Å². The van der Waals surface area contributed by atoms with E-state index in [2.05, 4.69) is 15.3 Å². The number of nitrogens with one attached hydrogen (secondary N) is 1. The maximum absolute atomic E-state index is 4.59. The van der Waals surface area contributed by atoms with Gasteiger partial charge in [0, 0.05) is 12.7 Å². The van der Waals surface area contributed by atoms with Gasteiger partial charge in [0.1, 0.15) is 5.82 Å². The molecule has 2 heterocycles. The lowest BCUT2D eigenvalue weighted by Gasteiger charge is -2.19. The van der Waals surface area contributed by atoms with Gasteiger partial charge < -0.3 is 5.32 Å². The highest BCUT2D eigenvalue weighted by molar-refractivity contribution is 7.99. The molecule has 15 heavy (non-hydrogen) atoms. The number of nitrogens with zero attached hydrogens (tertiary/aromatic N) is 2. The van der Waals surface area contributed by atoms with E-state index in [0.717, 1.165) is 18.1 Å². The monoisotopic (exact) mass is 223 g/mol. The van der Waals surface area contributed by atoms with Crippen LogP contribution in [0.2, 0.25) is 0 Å². The topological polar surface area (TPSA) is 37.8 Å². The minimum Gasteiger partial charge on any atom is -0.314 e. The highest BCUT2D eigenvalue weighted by atomic mass is 32.2. The second-order valence-corrected chi connectivity index (χ2v) is 5.10. The van der Waals surface area contributed by atoms with E-state index in [9.17, 15) is 0 Å². The van der Waals surface area contributed by atoms with Gasteiger partial charge in [-0.3, -0.25) is 0 Å². The molecule has 0 radical (unpaired) electrons. The van der Waals surface area contributed by atoms with E-state index in [4.69, 9.17) is 0 Å². The van der Waals surface area contributed by atoms with Gasteiger partial charge in [-0.2, -0.15) is 11.8 Å². The quantitative estimate of drug-likeness (QED) is 0.852. The molecule has 0 aliphatic carbocycles. The van der Waals surface area contributed by atoms with Crippen molar-refractivity contribution in [3.8, 4) is 0 Å². The maximum Gasteiger partial charge on any atom is 0.141 e. The van der Waals surface area contributed by atoms with Gasteiger partial charge in [0.05, 0.1) is 10.9 Å². The third-order valence-electron chi connectivity index (χ3n) is 2.56. The Labute approximate surface area is 95.1 Å². The SMILES string of the molecule is CNCc1ccnc(C2CCCCS2)n1. The summed E-state index contributed by atoms with van der Waals surface area (Å²) in [5, 5.41) is 3.64. The molecule has 1 saturated heterocycles. The van der Waals surface area contributed by atoms with Crippen molar-refractivity contribution in [1.82, 2.24) is 15.3 Å². The summed E-state index contributed by atoms with van der Waals surface area (Å²) in [6, 6.07) is 1.98. The Bertz CT molecular complexity index is 310. The van der Waals surface area contributed by atoms with Crippen LogP contribution >= 0.6 is 11.8 Å². The van der Waals surface area contributed by atoms with Gasteiger partial charge in [0.2, 0.25) is 0 Å². The molecule has 1 aliphatic heterocycles. The molecule has 1 N–H and O–H groups in total. The molecular formula is C11H17N3S. The molecule has 1 unspecified atom stereocenters. The highest BCUT2D eigenvalue weighted by Gasteiger charge is 2.18. The van der Waals surface area contributed by atoms with Gasteiger partial charge in [-0.1, -0.05) is 6.42 Å². The van der Waals surface area contributed by atoms with Crippen LogP contribution in [-0.2, 0) is 6.54 Å². The van der Waals surface area contributed by atoms with Gasteiger partial charge in [-0.15, -0.1) is 0 Å². The van der Waals surface area contributed by atoms with Crippen LogP contribution in [-0.4, -0.2) is 22.8 Å². The first kappa shape index (κ1) is 10.9. The van der Waals surface area contributed by atoms with Crippen LogP contribution in [0.1, 0.15) is 36.0 Å². The Morgan fingerprint density at radius 2 is 2.47 bits per heavy atom. The number of aromatic nitrogens is 2. The summed E-state index contributed by atoms with van der Waals surface area (Å²) in [4.78, 5) is 8.98. The molecule has 1 fully saturated rings. The molecule has 1 aromatic rings. The smallest absolute Gasteiger partial charge is 0.141 e. The normalized spacial score (nSPS) is 21.5. The van der Waals surface area contributed by atoms with Gasteiger partial charge in [-0.25, -0.2) is 9.97 Å². The van der Waals surface area contributed by atoms with Crippen molar-refractivity contribution in [3.63, 3.8) is 0 Å².